The molecule has 2 atom stereocenters. The van der Waals surface area contributed by atoms with E-state index in [9.17, 15) is 0 Å². The number of rotatable bonds is 1. The third-order valence-electron chi connectivity index (χ3n) is 3.17. The SMILES string of the molecule is Cc1cccc([C@@H]2NCCC[C@@H]2C)c1. The molecule has 0 aliphatic carbocycles. The first-order chi connectivity index (χ1) is 6.77. The minimum Gasteiger partial charge on any atom is -0.310 e. The molecule has 0 bridgehead atoms. The maximum atomic E-state index is 3.61. The van der Waals surface area contributed by atoms with E-state index in [0.29, 0.717) is 6.04 Å². The summed E-state index contributed by atoms with van der Waals surface area (Å²) in [5.74, 6) is 0.769. The Balaban J connectivity index is 2.20. The number of benzene rings is 1. The van der Waals surface area contributed by atoms with Gasteiger partial charge in [0.15, 0.2) is 0 Å². The molecule has 76 valence electrons. The number of nitrogens with one attached hydrogen (secondary N) is 1. The summed E-state index contributed by atoms with van der Waals surface area (Å²) in [6.45, 7) is 5.68. The Hall–Kier alpha value is -0.820. The van der Waals surface area contributed by atoms with Gasteiger partial charge in [-0.2, -0.15) is 0 Å². The molecule has 1 fully saturated rings. The van der Waals surface area contributed by atoms with Crippen molar-refractivity contribution in [3.8, 4) is 0 Å². The first-order valence-corrected chi connectivity index (χ1v) is 5.57. The van der Waals surface area contributed by atoms with Gasteiger partial charge in [-0.15, -0.1) is 0 Å². The van der Waals surface area contributed by atoms with Crippen LogP contribution >= 0.6 is 0 Å². The number of aryl methyl sites for hydroxylation is 1. The van der Waals surface area contributed by atoms with Crippen LogP contribution < -0.4 is 5.32 Å². The van der Waals surface area contributed by atoms with Crippen molar-refractivity contribution in [3.63, 3.8) is 0 Å². The van der Waals surface area contributed by atoms with Gasteiger partial charge in [-0.3, -0.25) is 0 Å². The lowest BCUT2D eigenvalue weighted by Crippen LogP contribution is -2.32. The van der Waals surface area contributed by atoms with E-state index in [1.54, 1.807) is 0 Å². The molecular weight excluding hydrogens is 170 g/mol. The first-order valence-electron chi connectivity index (χ1n) is 5.57. The van der Waals surface area contributed by atoms with E-state index in [1.165, 1.54) is 30.5 Å². The minimum atomic E-state index is 0.573. The van der Waals surface area contributed by atoms with Gasteiger partial charge in [0.05, 0.1) is 0 Å². The van der Waals surface area contributed by atoms with E-state index in [2.05, 4.69) is 43.4 Å². The Morgan fingerprint density at radius 3 is 2.93 bits per heavy atom. The molecule has 0 radical (unpaired) electrons. The van der Waals surface area contributed by atoms with Crippen molar-refractivity contribution < 1.29 is 0 Å². The number of hydrogen-bond donors (Lipinski definition) is 1. The van der Waals surface area contributed by atoms with E-state index >= 15 is 0 Å². The van der Waals surface area contributed by atoms with Crippen molar-refractivity contribution in [2.45, 2.75) is 32.7 Å². The molecule has 2 rings (SSSR count). The smallest absolute Gasteiger partial charge is 0.0346 e. The molecular formula is C13H19N. The average Bonchev–Trinajstić information content (AvgIpc) is 2.18. The van der Waals surface area contributed by atoms with E-state index in [-0.39, 0.29) is 0 Å². The summed E-state index contributed by atoms with van der Waals surface area (Å²) in [6.07, 6.45) is 2.68. The van der Waals surface area contributed by atoms with Crippen molar-refractivity contribution in [2.24, 2.45) is 5.92 Å². The molecule has 1 saturated heterocycles. The predicted octanol–water partition coefficient (Wildman–Crippen LogP) is 3.06. The summed E-state index contributed by atoms with van der Waals surface area (Å²) >= 11 is 0. The van der Waals surface area contributed by atoms with Crippen LogP contribution in [0.25, 0.3) is 0 Å². The standard InChI is InChI=1S/C13H19N/c1-10-5-3-7-12(9-10)13-11(2)6-4-8-14-13/h3,5,7,9,11,13-14H,4,6,8H2,1-2H3/t11-,13+/m0/s1. The molecule has 1 aliphatic heterocycles. The molecule has 1 aromatic rings. The molecule has 1 heteroatoms. The van der Waals surface area contributed by atoms with Crippen LogP contribution in [-0.2, 0) is 0 Å². The van der Waals surface area contributed by atoms with Crippen LogP contribution in [0.3, 0.4) is 0 Å². The van der Waals surface area contributed by atoms with Crippen molar-refractivity contribution in [1.82, 2.24) is 5.32 Å². The Morgan fingerprint density at radius 1 is 1.36 bits per heavy atom. The summed E-state index contributed by atoms with van der Waals surface area (Å²) in [4.78, 5) is 0. The van der Waals surface area contributed by atoms with E-state index in [1.807, 2.05) is 0 Å². The molecule has 0 amide bonds. The lowest BCUT2D eigenvalue weighted by atomic mass is 9.87. The van der Waals surface area contributed by atoms with Gasteiger partial charge in [0, 0.05) is 6.04 Å². The summed E-state index contributed by atoms with van der Waals surface area (Å²) < 4.78 is 0. The second kappa shape index (κ2) is 4.14. The highest BCUT2D eigenvalue weighted by molar-refractivity contribution is 5.25. The fourth-order valence-corrected chi connectivity index (χ4v) is 2.36. The van der Waals surface area contributed by atoms with Crippen molar-refractivity contribution >= 4 is 0 Å². The minimum absolute atomic E-state index is 0.573. The molecule has 1 nitrogen and oxygen atoms in total. The van der Waals surface area contributed by atoms with Crippen molar-refractivity contribution in [3.05, 3.63) is 35.4 Å². The van der Waals surface area contributed by atoms with Crippen LogP contribution in [0.1, 0.15) is 36.9 Å². The average molecular weight is 189 g/mol. The molecule has 1 N–H and O–H groups in total. The highest BCUT2D eigenvalue weighted by atomic mass is 14.9. The second-order valence-electron chi connectivity index (χ2n) is 4.47. The van der Waals surface area contributed by atoms with Crippen LogP contribution in [0.4, 0.5) is 0 Å². The maximum absolute atomic E-state index is 3.61. The third-order valence-corrected chi connectivity index (χ3v) is 3.17. The van der Waals surface area contributed by atoms with Crippen molar-refractivity contribution in [2.75, 3.05) is 6.54 Å². The zero-order chi connectivity index (χ0) is 9.97. The van der Waals surface area contributed by atoms with E-state index < -0.39 is 0 Å². The molecule has 1 heterocycles. The second-order valence-corrected chi connectivity index (χ2v) is 4.47. The van der Waals surface area contributed by atoms with Gasteiger partial charge in [0.1, 0.15) is 0 Å². The molecule has 0 unspecified atom stereocenters. The normalized spacial score (nSPS) is 27.6. The van der Waals surface area contributed by atoms with Crippen LogP contribution in [0.2, 0.25) is 0 Å². The zero-order valence-electron chi connectivity index (χ0n) is 9.09. The van der Waals surface area contributed by atoms with Gasteiger partial charge in [-0.1, -0.05) is 36.8 Å². The molecule has 14 heavy (non-hydrogen) atoms. The van der Waals surface area contributed by atoms with E-state index in [4.69, 9.17) is 0 Å². The lowest BCUT2D eigenvalue weighted by molar-refractivity contribution is 0.306. The zero-order valence-corrected chi connectivity index (χ0v) is 9.09. The Labute approximate surface area is 86.5 Å². The highest BCUT2D eigenvalue weighted by Gasteiger charge is 2.21. The molecule has 1 aliphatic rings. The number of piperidine rings is 1. The fourth-order valence-electron chi connectivity index (χ4n) is 2.36. The van der Waals surface area contributed by atoms with Crippen LogP contribution in [0, 0.1) is 12.8 Å². The topological polar surface area (TPSA) is 12.0 Å². The Kier molecular flexibility index (Phi) is 2.87. The fraction of sp³-hybridized carbons (Fsp3) is 0.538. The van der Waals surface area contributed by atoms with Crippen molar-refractivity contribution in [1.29, 1.82) is 0 Å². The summed E-state index contributed by atoms with van der Waals surface area (Å²) in [5.41, 5.74) is 2.82. The van der Waals surface area contributed by atoms with Crippen LogP contribution in [-0.4, -0.2) is 6.54 Å². The summed E-state index contributed by atoms with van der Waals surface area (Å²) in [7, 11) is 0. The van der Waals surface area contributed by atoms with Gasteiger partial charge >= 0.3 is 0 Å². The van der Waals surface area contributed by atoms with Crippen LogP contribution in [0.15, 0.2) is 24.3 Å². The summed E-state index contributed by atoms with van der Waals surface area (Å²) in [6, 6.07) is 9.44. The molecule has 0 aromatic heterocycles. The molecule has 1 aromatic carbocycles. The third kappa shape index (κ3) is 1.98. The summed E-state index contributed by atoms with van der Waals surface area (Å²) in [5, 5.41) is 3.61. The monoisotopic (exact) mass is 189 g/mol. The van der Waals surface area contributed by atoms with E-state index in [0.717, 1.165) is 5.92 Å². The molecule has 0 saturated carbocycles. The van der Waals surface area contributed by atoms with Gasteiger partial charge < -0.3 is 5.32 Å². The van der Waals surface area contributed by atoms with Gasteiger partial charge in [-0.25, -0.2) is 0 Å². The lowest BCUT2D eigenvalue weighted by Gasteiger charge is -2.30. The largest absolute Gasteiger partial charge is 0.310 e. The van der Waals surface area contributed by atoms with Gasteiger partial charge in [0.25, 0.3) is 0 Å². The highest BCUT2D eigenvalue weighted by Crippen LogP contribution is 2.28. The Bertz CT molecular complexity index is 306. The quantitative estimate of drug-likeness (QED) is 0.716. The number of hydrogen-bond acceptors (Lipinski definition) is 1. The maximum Gasteiger partial charge on any atom is 0.0346 e. The van der Waals surface area contributed by atoms with Crippen LogP contribution in [0.5, 0.6) is 0 Å². The van der Waals surface area contributed by atoms with Gasteiger partial charge in [-0.05, 0) is 37.8 Å². The predicted molar refractivity (Wildman–Crippen MR) is 60.3 cm³/mol. The Morgan fingerprint density at radius 2 is 2.21 bits per heavy atom. The molecule has 0 spiro atoms. The first kappa shape index (κ1) is 9.72. The van der Waals surface area contributed by atoms with Gasteiger partial charge in [0.2, 0.25) is 0 Å².